The van der Waals surface area contributed by atoms with E-state index in [9.17, 15) is 0 Å². The molecule has 2 nitrogen and oxygen atoms in total. The molecule has 0 aliphatic heterocycles. The van der Waals surface area contributed by atoms with Crippen LogP contribution in [0.2, 0.25) is 0 Å². The van der Waals surface area contributed by atoms with E-state index >= 15 is 0 Å². The number of aryl methyl sites for hydroxylation is 1. The number of thioether (sulfide) groups is 1. The fourth-order valence-corrected chi connectivity index (χ4v) is 2.78. The van der Waals surface area contributed by atoms with Crippen LogP contribution in [-0.4, -0.2) is 18.8 Å². The average molecular weight is 227 g/mol. The third-order valence-electron chi connectivity index (χ3n) is 2.93. The zero-order chi connectivity index (χ0) is 11.3. The first kappa shape index (κ1) is 12.7. The monoisotopic (exact) mass is 227 g/mol. The molecule has 1 rings (SSSR count). The molecule has 0 fully saturated rings. The topological polar surface area (TPSA) is 25.2 Å². The third kappa shape index (κ3) is 3.58. The van der Waals surface area contributed by atoms with Gasteiger partial charge in [0.25, 0.3) is 0 Å². The van der Waals surface area contributed by atoms with Crippen LogP contribution in [0.3, 0.4) is 0 Å². The van der Waals surface area contributed by atoms with Gasteiger partial charge in [0.1, 0.15) is 5.76 Å². The Labute approximate surface area is 96.8 Å². The van der Waals surface area contributed by atoms with E-state index in [0.717, 1.165) is 17.4 Å². The van der Waals surface area contributed by atoms with Gasteiger partial charge in [0.05, 0.1) is 6.26 Å². The molecule has 1 N–H and O–H groups in total. The summed E-state index contributed by atoms with van der Waals surface area (Å²) in [6, 6.07) is 2.62. The van der Waals surface area contributed by atoms with Gasteiger partial charge in [-0.2, -0.15) is 0 Å². The van der Waals surface area contributed by atoms with Gasteiger partial charge >= 0.3 is 0 Å². The lowest BCUT2D eigenvalue weighted by atomic mass is 10.0. The molecule has 3 heteroatoms. The molecule has 0 aliphatic carbocycles. The smallest absolute Gasteiger partial charge is 0.114 e. The van der Waals surface area contributed by atoms with Crippen molar-refractivity contribution < 1.29 is 4.42 Å². The minimum atomic E-state index is 0.578. The molecule has 1 heterocycles. The molecule has 2 unspecified atom stereocenters. The molecular formula is C12H21NOS. The molecule has 15 heavy (non-hydrogen) atoms. The van der Waals surface area contributed by atoms with Gasteiger partial charge in [0.15, 0.2) is 0 Å². The highest BCUT2D eigenvalue weighted by Gasteiger charge is 2.14. The van der Waals surface area contributed by atoms with Crippen molar-refractivity contribution in [3.05, 3.63) is 18.1 Å². The zero-order valence-electron chi connectivity index (χ0n) is 10.0. The van der Waals surface area contributed by atoms with Crippen LogP contribution >= 0.6 is 11.8 Å². The number of furan rings is 1. The molecule has 86 valence electrons. The van der Waals surface area contributed by atoms with Crippen molar-refractivity contribution in [1.29, 1.82) is 0 Å². The van der Waals surface area contributed by atoms with Crippen LogP contribution in [0.4, 0.5) is 0 Å². The van der Waals surface area contributed by atoms with Crippen LogP contribution in [0.5, 0.6) is 0 Å². The van der Waals surface area contributed by atoms with Crippen molar-refractivity contribution in [2.75, 3.05) is 12.8 Å². The highest BCUT2D eigenvalue weighted by atomic mass is 32.2. The van der Waals surface area contributed by atoms with Crippen molar-refractivity contribution in [3.8, 4) is 0 Å². The summed E-state index contributed by atoms with van der Waals surface area (Å²) >= 11 is 1.87. The largest absolute Gasteiger partial charge is 0.468 e. The standard InChI is InChI=1S/C12H21NOS/c1-5-9(2)11(13-4)8-15-12-6-7-14-10(12)3/h6-7,9,11,13H,5,8H2,1-4H3. The first-order valence-corrected chi connectivity index (χ1v) is 6.51. The summed E-state index contributed by atoms with van der Waals surface area (Å²) in [5.41, 5.74) is 0. The van der Waals surface area contributed by atoms with Gasteiger partial charge in [-0.15, -0.1) is 11.8 Å². The van der Waals surface area contributed by atoms with Crippen LogP contribution < -0.4 is 5.32 Å². The van der Waals surface area contributed by atoms with E-state index in [4.69, 9.17) is 4.42 Å². The summed E-state index contributed by atoms with van der Waals surface area (Å²) in [6.45, 7) is 6.55. The first-order valence-electron chi connectivity index (χ1n) is 5.53. The lowest BCUT2D eigenvalue weighted by Crippen LogP contribution is -2.34. The molecule has 0 bridgehead atoms. The maximum Gasteiger partial charge on any atom is 0.114 e. The minimum Gasteiger partial charge on any atom is -0.468 e. The van der Waals surface area contributed by atoms with E-state index < -0.39 is 0 Å². The predicted octanol–water partition coefficient (Wildman–Crippen LogP) is 3.31. The van der Waals surface area contributed by atoms with Gasteiger partial charge in [-0.05, 0) is 26.0 Å². The Morgan fingerprint density at radius 2 is 2.27 bits per heavy atom. The fraction of sp³-hybridized carbons (Fsp3) is 0.667. The molecule has 0 amide bonds. The Balaban J connectivity index is 2.44. The van der Waals surface area contributed by atoms with E-state index in [1.807, 2.05) is 31.8 Å². The normalized spacial score (nSPS) is 15.2. The second-order valence-electron chi connectivity index (χ2n) is 3.93. The third-order valence-corrected chi connectivity index (χ3v) is 4.19. The van der Waals surface area contributed by atoms with Gasteiger partial charge < -0.3 is 9.73 Å². The van der Waals surface area contributed by atoms with E-state index in [1.54, 1.807) is 6.26 Å². The predicted molar refractivity (Wildman–Crippen MR) is 66.5 cm³/mol. The number of rotatable bonds is 6. The van der Waals surface area contributed by atoms with Crippen molar-refractivity contribution in [1.82, 2.24) is 5.32 Å². The Morgan fingerprint density at radius 1 is 1.53 bits per heavy atom. The fourth-order valence-electron chi connectivity index (χ4n) is 1.52. The second kappa shape index (κ2) is 6.23. The highest BCUT2D eigenvalue weighted by Crippen LogP contribution is 2.25. The van der Waals surface area contributed by atoms with Gasteiger partial charge in [-0.1, -0.05) is 20.3 Å². The zero-order valence-corrected chi connectivity index (χ0v) is 10.9. The number of nitrogens with one attached hydrogen (secondary N) is 1. The molecule has 1 aromatic rings. The van der Waals surface area contributed by atoms with Crippen molar-refractivity contribution in [2.24, 2.45) is 5.92 Å². The second-order valence-corrected chi connectivity index (χ2v) is 4.99. The van der Waals surface area contributed by atoms with E-state index in [0.29, 0.717) is 6.04 Å². The average Bonchev–Trinajstić information content (AvgIpc) is 2.65. The quantitative estimate of drug-likeness (QED) is 0.755. The maximum atomic E-state index is 5.28. The van der Waals surface area contributed by atoms with Crippen LogP contribution in [0, 0.1) is 12.8 Å². The summed E-state index contributed by atoms with van der Waals surface area (Å²) in [7, 11) is 2.04. The van der Waals surface area contributed by atoms with Crippen LogP contribution in [0.15, 0.2) is 21.6 Å². The van der Waals surface area contributed by atoms with Gasteiger partial charge in [0.2, 0.25) is 0 Å². The summed E-state index contributed by atoms with van der Waals surface area (Å²) in [4.78, 5) is 1.26. The van der Waals surface area contributed by atoms with Crippen molar-refractivity contribution in [2.45, 2.75) is 38.1 Å². The van der Waals surface area contributed by atoms with E-state index in [1.165, 1.54) is 11.3 Å². The summed E-state index contributed by atoms with van der Waals surface area (Å²) < 4.78 is 5.28. The molecule has 2 atom stereocenters. The molecule has 0 aliphatic rings. The van der Waals surface area contributed by atoms with Gasteiger partial charge in [-0.3, -0.25) is 0 Å². The number of hydrogen-bond donors (Lipinski definition) is 1. The molecule has 0 saturated heterocycles. The minimum absolute atomic E-state index is 0.578. The Hall–Kier alpha value is -0.410. The molecule has 1 aromatic heterocycles. The molecular weight excluding hydrogens is 206 g/mol. The van der Waals surface area contributed by atoms with Crippen LogP contribution in [-0.2, 0) is 0 Å². The Bertz CT molecular complexity index is 285. The Kier molecular flexibility index (Phi) is 5.26. The van der Waals surface area contributed by atoms with Crippen LogP contribution in [0.1, 0.15) is 26.0 Å². The van der Waals surface area contributed by atoms with Gasteiger partial charge in [0, 0.05) is 16.7 Å². The van der Waals surface area contributed by atoms with Crippen molar-refractivity contribution in [3.63, 3.8) is 0 Å². The van der Waals surface area contributed by atoms with E-state index in [-0.39, 0.29) is 0 Å². The number of hydrogen-bond acceptors (Lipinski definition) is 3. The molecule has 0 radical (unpaired) electrons. The van der Waals surface area contributed by atoms with Gasteiger partial charge in [-0.25, -0.2) is 0 Å². The maximum absolute atomic E-state index is 5.28. The van der Waals surface area contributed by atoms with Crippen LogP contribution in [0.25, 0.3) is 0 Å². The molecule has 0 saturated carbocycles. The Morgan fingerprint density at radius 3 is 2.73 bits per heavy atom. The lowest BCUT2D eigenvalue weighted by molar-refractivity contribution is 0.420. The SMILES string of the molecule is CCC(C)C(CSc1ccoc1C)NC. The van der Waals surface area contributed by atoms with Crippen molar-refractivity contribution >= 4 is 11.8 Å². The highest BCUT2D eigenvalue weighted by molar-refractivity contribution is 7.99. The van der Waals surface area contributed by atoms with E-state index in [2.05, 4.69) is 19.2 Å². The summed E-state index contributed by atoms with van der Waals surface area (Å²) in [5, 5.41) is 3.38. The lowest BCUT2D eigenvalue weighted by Gasteiger charge is -2.21. The summed E-state index contributed by atoms with van der Waals surface area (Å²) in [6.07, 6.45) is 2.98. The first-order chi connectivity index (χ1) is 7.19. The molecule has 0 spiro atoms. The molecule has 0 aromatic carbocycles. The summed E-state index contributed by atoms with van der Waals surface area (Å²) in [5.74, 6) is 2.85.